The third kappa shape index (κ3) is 2.90. The molecular weight excluding hydrogens is 226 g/mol. The van der Waals surface area contributed by atoms with Gasteiger partial charge in [-0.1, -0.05) is 0 Å². The van der Waals surface area contributed by atoms with Crippen molar-refractivity contribution in [2.24, 2.45) is 0 Å². The molecule has 1 heterocycles. The van der Waals surface area contributed by atoms with Crippen LogP contribution in [0.5, 0.6) is 0 Å². The highest BCUT2D eigenvalue weighted by Crippen LogP contribution is 2.18. The molecule has 1 aromatic carbocycles. The lowest BCUT2D eigenvalue weighted by molar-refractivity contribution is -0.117. The van der Waals surface area contributed by atoms with Crippen LogP contribution in [0.2, 0.25) is 0 Å². The third-order valence-corrected chi connectivity index (χ3v) is 3.12. The summed E-state index contributed by atoms with van der Waals surface area (Å²) in [5.41, 5.74) is 1.71. The number of fused-ring (bicyclic) bond motifs is 1. The Bertz CT molecular complexity index is 557. The Balaban J connectivity index is 2.06. The fourth-order valence-corrected chi connectivity index (χ4v) is 1.83. The Morgan fingerprint density at radius 2 is 2.11 bits per heavy atom. The van der Waals surface area contributed by atoms with Crippen LogP contribution in [-0.2, 0) is 4.79 Å². The predicted molar refractivity (Wildman–Crippen MR) is 74.7 cm³/mol. The van der Waals surface area contributed by atoms with Crippen LogP contribution < -0.4 is 10.6 Å². The molecule has 0 radical (unpaired) electrons. The van der Waals surface area contributed by atoms with Crippen molar-refractivity contribution in [2.75, 3.05) is 12.4 Å². The van der Waals surface area contributed by atoms with E-state index in [1.807, 2.05) is 51.4 Å². The first-order valence-electron chi connectivity index (χ1n) is 6.06. The van der Waals surface area contributed by atoms with Crippen molar-refractivity contribution < 1.29 is 4.79 Å². The van der Waals surface area contributed by atoms with E-state index in [2.05, 4.69) is 15.6 Å². The zero-order valence-corrected chi connectivity index (χ0v) is 11.0. The quantitative estimate of drug-likeness (QED) is 0.775. The van der Waals surface area contributed by atoms with Crippen LogP contribution in [0.4, 0.5) is 5.69 Å². The van der Waals surface area contributed by atoms with Crippen molar-refractivity contribution >= 4 is 22.5 Å². The van der Waals surface area contributed by atoms with Gasteiger partial charge in [0.2, 0.25) is 5.91 Å². The van der Waals surface area contributed by atoms with E-state index >= 15 is 0 Å². The summed E-state index contributed by atoms with van der Waals surface area (Å²) >= 11 is 0. The maximum Gasteiger partial charge on any atom is 0.226 e. The van der Waals surface area contributed by atoms with Gasteiger partial charge in [0.25, 0.3) is 0 Å². The number of benzene rings is 1. The van der Waals surface area contributed by atoms with Crippen molar-refractivity contribution in [2.45, 2.75) is 25.8 Å². The van der Waals surface area contributed by atoms with E-state index in [-0.39, 0.29) is 11.4 Å². The summed E-state index contributed by atoms with van der Waals surface area (Å²) in [6.45, 7) is 4.00. The predicted octanol–water partition coefficient (Wildman–Crippen LogP) is 2.49. The highest BCUT2D eigenvalue weighted by atomic mass is 16.1. The maximum absolute atomic E-state index is 11.9. The molecule has 0 spiro atoms. The van der Waals surface area contributed by atoms with E-state index in [1.54, 1.807) is 0 Å². The van der Waals surface area contributed by atoms with Gasteiger partial charge < -0.3 is 15.6 Å². The molecular formula is C14H19N3O. The van der Waals surface area contributed by atoms with Gasteiger partial charge in [-0.25, -0.2) is 0 Å². The lowest BCUT2D eigenvalue weighted by Gasteiger charge is -2.23. The summed E-state index contributed by atoms with van der Waals surface area (Å²) < 4.78 is 0. The topological polar surface area (TPSA) is 56.9 Å². The van der Waals surface area contributed by atoms with Crippen molar-refractivity contribution in [3.8, 4) is 0 Å². The van der Waals surface area contributed by atoms with Gasteiger partial charge in [0.1, 0.15) is 0 Å². The number of amides is 1. The molecule has 2 rings (SSSR count). The van der Waals surface area contributed by atoms with Crippen LogP contribution in [-0.4, -0.2) is 23.5 Å². The summed E-state index contributed by atoms with van der Waals surface area (Å²) in [7, 11) is 1.86. The van der Waals surface area contributed by atoms with E-state index in [0.717, 1.165) is 16.6 Å². The number of carbonyl (C=O) groups excluding carboxylic acids is 1. The molecule has 0 saturated carbocycles. The summed E-state index contributed by atoms with van der Waals surface area (Å²) in [6, 6.07) is 7.83. The second-order valence-corrected chi connectivity index (χ2v) is 5.14. The zero-order valence-electron chi connectivity index (χ0n) is 11.0. The molecule has 0 fully saturated rings. The number of hydrogen-bond acceptors (Lipinski definition) is 2. The van der Waals surface area contributed by atoms with Gasteiger partial charge in [0, 0.05) is 34.7 Å². The number of H-pyrrole nitrogens is 1. The summed E-state index contributed by atoms with van der Waals surface area (Å²) in [5, 5.41) is 7.14. The number of hydrogen-bond donors (Lipinski definition) is 3. The molecule has 18 heavy (non-hydrogen) atoms. The lowest BCUT2D eigenvalue weighted by Crippen LogP contribution is -2.39. The van der Waals surface area contributed by atoms with Crippen LogP contribution >= 0.6 is 0 Å². The monoisotopic (exact) mass is 245 g/mol. The molecule has 0 saturated heterocycles. The first-order valence-corrected chi connectivity index (χ1v) is 6.06. The second-order valence-electron chi connectivity index (χ2n) is 5.14. The van der Waals surface area contributed by atoms with Crippen molar-refractivity contribution in [1.29, 1.82) is 0 Å². The van der Waals surface area contributed by atoms with Gasteiger partial charge in [-0.2, -0.15) is 0 Å². The minimum Gasteiger partial charge on any atom is -0.361 e. The molecule has 0 atom stereocenters. The van der Waals surface area contributed by atoms with E-state index < -0.39 is 0 Å². The normalized spacial score (nSPS) is 11.7. The minimum absolute atomic E-state index is 0.0178. The summed E-state index contributed by atoms with van der Waals surface area (Å²) in [6.07, 6.45) is 2.33. The van der Waals surface area contributed by atoms with Crippen LogP contribution in [0.25, 0.3) is 10.9 Å². The molecule has 0 unspecified atom stereocenters. The van der Waals surface area contributed by atoms with Gasteiger partial charge in [-0.15, -0.1) is 0 Å². The molecule has 0 aliphatic rings. The van der Waals surface area contributed by atoms with Crippen molar-refractivity contribution in [1.82, 2.24) is 10.3 Å². The molecule has 2 aromatic rings. The van der Waals surface area contributed by atoms with Crippen LogP contribution in [0.1, 0.15) is 20.3 Å². The Hall–Kier alpha value is -1.81. The fourth-order valence-electron chi connectivity index (χ4n) is 1.83. The Morgan fingerprint density at radius 3 is 2.83 bits per heavy atom. The standard InChI is InChI=1S/C14H19N3O/c1-14(2,15-3)9-13(18)17-11-4-5-12-10(8-11)6-7-16-12/h4-8,15-16H,9H2,1-3H3,(H,17,18). The first kappa shape index (κ1) is 12.6. The van der Waals surface area contributed by atoms with Crippen LogP contribution in [0.3, 0.4) is 0 Å². The van der Waals surface area contributed by atoms with Gasteiger partial charge in [0.05, 0.1) is 0 Å². The van der Waals surface area contributed by atoms with Gasteiger partial charge >= 0.3 is 0 Å². The van der Waals surface area contributed by atoms with Gasteiger partial charge in [0.15, 0.2) is 0 Å². The maximum atomic E-state index is 11.9. The highest BCUT2D eigenvalue weighted by molar-refractivity contribution is 5.94. The molecule has 3 N–H and O–H groups in total. The number of aromatic amines is 1. The Labute approximate surface area is 107 Å². The third-order valence-electron chi connectivity index (χ3n) is 3.12. The second kappa shape index (κ2) is 4.82. The van der Waals surface area contributed by atoms with E-state index in [9.17, 15) is 4.79 Å². The number of anilines is 1. The Kier molecular flexibility index (Phi) is 3.39. The van der Waals surface area contributed by atoms with Gasteiger partial charge in [-0.3, -0.25) is 4.79 Å². The highest BCUT2D eigenvalue weighted by Gasteiger charge is 2.19. The van der Waals surface area contributed by atoms with E-state index in [1.165, 1.54) is 0 Å². The number of rotatable bonds is 4. The fraction of sp³-hybridized carbons (Fsp3) is 0.357. The molecule has 1 aromatic heterocycles. The number of nitrogens with one attached hydrogen (secondary N) is 3. The average molecular weight is 245 g/mol. The lowest BCUT2D eigenvalue weighted by atomic mass is 10.0. The van der Waals surface area contributed by atoms with Crippen molar-refractivity contribution in [3.63, 3.8) is 0 Å². The molecule has 0 aliphatic carbocycles. The SMILES string of the molecule is CNC(C)(C)CC(=O)Nc1ccc2[nH]ccc2c1. The number of aromatic nitrogens is 1. The van der Waals surface area contributed by atoms with Crippen LogP contribution in [0.15, 0.2) is 30.5 Å². The zero-order chi connectivity index (χ0) is 13.2. The number of carbonyl (C=O) groups is 1. The first-order chi connectivity index (χ1) is 8.50. The summed E-state index contributed by atoms with van der Waals surface area (Å²) in [5.74, 6) is 0.0178. The molecule has 4 heteroatoms. The minimum atomic E-state index is -0.192. The summed E-state index contributed by atoms with van der Waals surface area (Å²) in [4.78, 5) is 15.0. The molecule has 96 valence electrons. The van der Waals surface area contributed by atoms with E-state index in [0.29, 0.717) is 6.42 Å². The van der Waals surface area contributed by atoms with Gasteiger partial charge in [-0.05, 0) is 45.2 Å². The smallest absolute Gasteiger partial charge is 0.226 e. The van der Waals surface area contributed by atoms with Crippen LogP contribution in [0, 0.1) is 0 Å². The molecule has 0 aliphatic heterocycles. The van der Waals surface area contributed by atoms with Crippen molar-refractivity contribution in [3.05, 3.63) is 30.5 Å². The van der Waals surface area contributed by atoms with E-state index in [4.69, 9.17) is 0 Å². The molecule has 4 nitrogen and oxygen atoms in total. The molecule has 0 bridgehead atoms. The Morgan fingerprint density at radius 1 is 1.33 bits per heavy atom. The largest absolute Gasteiger partial charge is 0.361 e. The average Bonchev–Trinajstić information content (AvgIpc) is 2.75. The molecule has 1 amide bonds.